The summed E-state index contributed by atoms with van der Waals surface area (Å²) in [6.45, 7) is 13.1. The number of carbonyl (C=O) groups is 1. The SMILES string of the molecule is C=C(C)C#CCC(=C)CC#C/C(C)=C/CCC(C)=O. The van der Waals surface area contributed by atoms with Crippen LogP contribution in [0.1, 0.15) is 46.5 Å². The van der Waals surface area contributed by atoms with E-state index in [0.29, 0.717) is 19.3 Å². The maximum Gasteiger partial charge on any atom is 0.130 e. The van der Waals surface area contributed by atoms with Gasteiger partial charge in [0, 0.05) is 19.3 Å². The Kier molecular flexibility index (Phi) is 8.94. The highest BCUT2D eigenvalue weighted by Gasteiger charge is 1.90. The van der Waals surface area contributed by atoms with Gasteiger partial charge in [0.15, 0.2) is 0 Å². The molecule has 0 amide bonds. The Hall–Kier alpha value is -1.99. The smallest absolute Gasteiger partial charge is 0.130 e. The van der Waals surface area contributed by atoms with E-state index in [-0.39, 0.29) is 5.78 Å². The first-order valence-electron chi connectivity index (χ1n) is 6.38. The molecule has 0 radical (unpaired) electrons. The highest BCUT2D eigenvalue weighted by atomic mass is 16.1. The fourth-order valence-electron chi connectivity index (χ4n) is 1.23. The van der Waals surface area contributed by atoms with E-state index in [1.54, 1.807) is 6.92 Å². The number of rotatable bonds is 5. The van der Waals surface area contributed by atoms with Crippen LogP contribution >= 0.6 is 0 Å². The van der Waals surface area contributed by atoms with Gasteiger partial charge in [-0.05, 0) is 38.3 Å². The number of allylic oxidation sites excluding steroid dienone is 4. The molecule has 0 fully saturated rings. The largest absolute Gasteiger partial charge is 0.300 e. The second-order valence-corrected chi connectivity index (χ2v) is 4.62. The highest BCUT2D eigenvalue weighted by molar-refractivity contribution is 5.75. The van der Waals surface area contributed by atoms with Crippen LogP contribution in [0.5, 0.6) is 0 Å². The van der Waals surface area contributed by atoms with Crippen molar-refractivity contribution in [3.05, 3.63) is 36.0 Å². The van der Waals surface area contributed by atoms with Gasteiger partial charge in [-0.1, -0.05) is 48.5 Å². The average molecular weight is 254 g/mol. The lowest BCUT2D eigenvalue weighted by Crippen LogP contribution is -1.87. The molecule has 0 bridgehead atoms. The molecule has 0 aliphatic rings. The fourth-order valence-corrected chi connectivity index (χ4v) is 1.23. The fraction of sp³-hybridized carbons (Fsp3) is 0.389. The zero-order valence-corrected chi connectivity index (χ0v) is 12.2. The number of hydrogen-bond donors (Lipinski definition) is 0. The van der Waals surface area contributed by atoms with Crippen molar-refractivity contribution in [2.24, 2.45) is 0 Å². The Morgan fingerprint density at radius 1 is 1.05 bits per heavy atom. The van der Waals surface area contributed by atoms with Crippen molar-refractivity contribution >= 4 is 5.78 Å². The Bertz CT molecular complexity index is 495. The molecule has 0 saturated heterocycles. The summed E-state index contributed by atoms with van der Waals surface area (Å²) in [6, 6.07) is 0. The molecule has 0 aromatic carbocycles. The van der Waals surface area contributed by atoms with Gasteiger partial charge < -0.3 is 4.79 Å². The van der Waals surface area contributed by atoms with Crippen molar-refractivity contribution in [1.82, 2.24) is 0 Å². The van der Waals surface area contributed by atoms with Crippen LogP contribution in [0.4, 0.5) is 0 Å². The van der Waals surface area contributed by atoms with E-state index in [4.69, 9.17) is 0 Å². The summed E-state index contributed by atoms with van der Waals surface area (Å²) >= 11 is 0. The molecule has 19 heavy (non-hydrogen) atoms. The van der Waals surface area contributed by atoms with Gasteiger partial charge in [0.1, 0.15) is 5.78 Å². The van der Waals surface area contributed by atoms with Gasteiger partial charge in [-0.2, -0.15) is 0 Å². The second-order valence-electron chi connectivity index (χ2n) is 4.62. The van der Waals surface area contributed by atoms with Gasteiger partial charge in [-0.3, -0.25) is 0 Å². The number of Topliss-reactive ketones (excluding diaryl/α,β-unsaturated/α-hetero) is 1. The summed E-state index contributed by atoms with van der Waals surface area (Å²) in [5, 5.41) is 0. The van der Waals surface area contributed by atoms with Crippen LogP contribution in [-0.2, 0) is 4.79 Å². The minimum atomic E-state index is 0.210. The minimum Gasteiger partial charge on any atom is -0.300 e. The lowest BCUT2D eigenvalue weighted by molar-refractivity contribution is -0.116. The van der Waals surface area contributed by atoms with Crippen molar-refractivity contribution < 1.29 is 4.79 Å². The quantitative estimate of drug-likeness (QED) is 0.530. The van der Waals surface area contributed by atoms with Crippen molar-refractivity contribution in [2.45, 2.75) is 46.5 Å². The monoisotopic (exact) mass is 254 g/mol. The molecule has 0 aliphatic heterocycles. The molecule has 1 nitrogen and oxygen atoms in total. The van der Waals surface area contributed by atoms with Crippen molar-refractivity contribution in [1.29, 1.82) is 0 Å². The highest BCUT2D eigenvalue weighted by Crippen LogP contribution is 2.03. The third-order valence-electron chi connectivity index (χ3n) is 2.21. The lowest BCUT2D eigenvalue weighted by Gasteiger charge is -1.93. The molecule has 0 atom stereocenters. The van der Waals surface area contributed by atoms with Crippen LogP contribution in [0.15, 0.2) is 36.0 Å². The van der Waals surface area contributed by atoms with Crippen molar-refractivity contribution in [3.63, 3.8) is 0 Å². The van der Waals surface area contributed by atoms with Crippen LogP contribution in [-0.4, -0.2) is 5.78 Å². The molecule has 0 spiro atoms. The van der Waals surface area contributed by atoms with E-state index < -0.39 is 0 Å². The maximum atomic E-state index is 10.8. The van der Waals surface area contributed by atoms with Crippen LogP contribution in [0, 0.1) is 23.7 Å². The second kappa shape index (κ2) is 9.98. The Morgan fingerprint density at radius 3 is 2.16 bits per heavy atom. The Morgan fingerprint density at radius 2 is 1.63 bits per heavy atom. The van der Waals surface area contributed by atoms with Crippen LogP contribution < -0.4 is 0 Å². The molecule has 0 aromatic rings. The predicted octanol–water partition coefficient (Wildman–Crippen LogP) is 4.22. The van der Waals surface area contributed by atoms with Crippen LogP contribution in [0.3, 0.4) is 0 Å². The maximum absolute atomic E-state index is 10.8. The molecular weight excluding hydrogens is 232 g/mol. The summed E-state index contributed by atoms with van der Waals surface area (Å²) in [5.41, 5.74) is 2.88. The van der Waals surface area contributed by atoms with E-state index in [1.165, 1.54) is 0 Å². The molecule has 0 heterocycles. The molecule has 100 valence electrons. The molecule has 0 aromatic heterocycles. The lowest BCUT2D eigenvalue weighted by atomic mass is 10.1. The summed E-state index contributed by atoms with van der Waals surface area (Å²) in [4.78, 5) is 10.8. The van der Waals surface area contributed by atoms with E-state index in [1.807, 2.05) is 19.9 Å². The first-order valence-corrected chi connectivity index (χ1v) is 6.38. The third-order valence-corrected chi connectivity index (χ3v) is 2.21. The molecule has 1 heteroatoms. The first kappa shape index (κ1) is 17.0. The normalized spacial score (nSPS) is 9.74. The van der Waals surface area contributed by atoms with Gasteiger partial charge >= 0.3 is 0 Å². The molecular formula is C18H22O. The van der Waals surface area contributed by atoms with Crippen LogP contribution in [0.25, 0.3) is 0 Å². The Labute approximate surface area is 117 Å². The van der Waals surface area contributed by atoms with Crippen molar-refractivity contribution in [3.8, 4) is 23.7 Å². The third kappa shape index (κ3) is 12.3. The van der Waals surface area contributed by atoms with E-state index in [0.717, 1.165) is 23.1 Å². The van der Waals surface area contributed by atoms with Crippen LogP contribution in [0.2, 0.25) is 0 Å². The number of ketones is 1. The molecule has 0 aliphatic carbocycles. The van der Waals surface area contributed by atoms with Gasteiger partial charge in [0.05, 0.1) is 0 Å². The van der Waals surface area contributed by atoms with Gasteiger partial charge in [-0.25, -0.2) is 0 Å². The zero-order valence-electron chi connectivity index (χ0n) is 12.2. The van der Waals surface area contributed by atoms with Gasteiger partial charge in [-0.15, -0.1) is 0 Å². The minimum absolute atomic E-state index is 0.210. The molecule has 0 N–H and O–H groups in total. The van der Waals surface area contributed by atoms with Gasteiger partial charge in [0.2, 0.25) is 0 Å². The Balaban J connectivity index is 4.10. The first-order chi connectivity index (χ1) is 8.91. The summed E-state index contributed by atoms with van der Waals surface area (Å²) in [6.07, 6.45) is 4.67. The van der Waals surface area contributed by atoms with E-state index in [9.17, 15) is 4.79 Å². The summed E-state index contributed by atoms with van der Waals surface area (Å²) in [5.74, 6) is 12.3. The summed E-state index contributed by atoms with van der Waals surface area (Å²) < 4.78 is 0. The molecule has 0 saturated carbocycles. The van der Waals surface area contributed by atoms with Crippen molar-refractivity contribution in [2.75, 3.05) is 0 Å². The standard InChI is InChI=1S/C18H22O/c1-15(2)9-6-10-16(3)11-7-12-17(4)13-8-14-18(5)19/h13H,1,3,8,10-11,14H2,2,4-5H3/b17-13+. The zero-order chi connectivity index (χ0) is 14.7. The predicted molar refractivity (Wildman–Crippen MR) is 82.4 cm³/mol. The number of hydrogen-bond acceptors (Lipinski definition) is 1. The summed E-state index contributed by atoms with van der Waals surface area (Å²) in [7, 11) is 0. The van der Waals surface area contributed by atoms with Gasteiger partial charge in [0.25, 0.3) is 0 Å². The molecule has 0 rings (SSSR count). The number of carbonyl (C=O) groups excluding carboxylic acids is 1. The molecule has 0 unspecified atom stereocenters. The van der Waals surface area contributed by atoms with E-state index >= 15 is 0 Å². The average Bonchev–Trinajstić information content (AvgIpc) is 2.27. The van der Waals surface area contributed by atoms with E-state index in [2.05, 4.69) is 36.8 Å². The topological polar surface area (TPSA) is 17.1 Å².